The Morgan fingerprint density at radius 3 is 2.83 bits per heavy atom. The third-order valence-electron chi connectivity index (χ3n) is 2.59. The highest BCUT2D eigenvalue weighted by Crippen LogP contribution is 2.21. The molecule has 0 aliphatic carbocycles. The lowest BCUT2D eigenvalue weighted by atomic mass is 10.3. The highest BCUT2D eigenvalue weighted by molar-refractivity contribution is 7.11. The van der Waals surface area contributed by atoms with E-state index in [2.05, 4.69) is 27.2 Å². The molecule has 2 aromatic rings. The van der Waals surface area contributed by atoms with Gasteiger partial charge in [0.1, 0.15) is 17.2 Å². The molecule has 18 heavy (non-hydrogen) atoms. The van der Waals surface area contributed by atoms with Crippen LogP contribution in [-0.2, 0) is 13.0 Å². The molecule has 0 spiro atoms. The molecule has 2 heterocycles. The summed E-state index contributed by atoms with van der Waals surface area (Å²) in [6.45, 7) is 4.73. The average molecular weight is 264 g/mol. The minimum atomic E-state index is 0.598. The van der Waals surface area contributed by atoms with Gasteiger partial charge in [0.25, 0.3) is 0 Å². The van der Waals surface area contributed by atoms with E-state index in [1.165, 1.54) is 11.2 Å². The van der Waals surface area contributed by atoms with Gasteiger partial charge in [0.05, 0.1) is 19.2 Å². The van der Waals surface area contributed by atoms with Crippen molar-refractivity contribution in [2.24, 2.45) is 0 Å². The van der Waals surface area contributed by atoms with Crippen molar-refractivity contribution in [3.8, 4) is 5.88 Å². The first-order valence-electron chi connectivity index (χ1n) is 5.77. The molecule has 0 saturated carbocycles. The topological polar surface area (TPSA) is 59.9 Å². The lowest BCUT2D eigenvalue weighted by Gasteiger charge is -2.09. The van der Waals surface area contributed by atoms with Crippen molar-refractivity contribution in [2.75, 3.05) is 12.4 Å². The number of ether oxygens (including phenoxy) is 1. The van der Waals surface area contributed by atoms with Crippen LogP contribution in [0.4, 0.5) is 5.82 Å². The second-order valence-corrected chi connectivity index (χ2v) is 4.98. The van der Waals surface area contributed by atoms with Crippen LogP contribution in [-0.4, -0.2) is 22.1 Å². The molecule has 2 rings (SSSR count). The Bertz CT molecular complexity index is 527. The number of nitrogens with one attached hydrogen (secondary N) is 1. The first kappa shape index (κ1) is 12.8. The molecule has 96 valence electrons. The number of hydrogen-bond donors (Lipinski definition) is 1. The number of nitrogens with zero attached hydrogens (tertiary/aromatic N) is 3. The molecule has 0 amide bonds. The summed E-state index contributed by atoms with van der Waals surface area (Å²) in [7, 11) is 1.60. The summed E-state index contributed by atoms with van der Waals surface area (Å²) < 4.78 is 5.16. The molecule has 0 saturated heterocycles. The molecular formula is C12H16N4OS. The van der Waals surface area contributed by atoms with Gasteiger partial charge in [-0.05, 0) is 13.3 Å². The van der Waals surface area contributed by atoms with E-state index in [9.17, 15) is 0 Å². The van der Waals surface area contributed by atoms with Crippen molar-refractivity contribution in [3.05, 3.63) is 28.0 Å². The van der Waals surface area contributed by atoms with E-state index in [1.54, 1.807) is 18.4 Å². The maximum absolute atomic E-state index is 5.16. The van der Waals surface area contributed by atoms with Gasteiger partial charge in [0.2, 0.25) is 5.88 Å². The molecular weight excluding hydrogens is 248 g/mol. The predicted molar refractivity (Wildman–Crippen MR) is 72.1 cm³/mol. The normalized spacial score (nSPS) is 10.4. The van der Waals surface area contributed by atoms with Crippen molar-refractivity contribution in [1.29, 1.82) is 0 Å². The van der Waals surface area contributed by atoms with Gasteiger partial charge in [-0.1, -0.05) is 6.92 Å². The van der Waals surface area contributed by atoms with E-state index < -0.39 is 0 Å². The lowest BCUT2D eigenvalue weighted by Crippen LogP contribution is -2.04. The van der Waals surface area contributed by atoms with Crippen molar-refractivity contribution < 1.29 is 4.74 Å². The summed E-state index contributed by atoms with van der Waals surface area (Å²) in [5.41, 5.74) is 0.910. The minimum Gasteiger partial charge on any atom is -0.481 e. The number of aromatic nitrogens is 3. The highest BCUT2D eigenvalue weighted by atomic mass is 32.1. The van der Waals surface area contributed by atoms with Crippen LogP contribution < -0.4 is 10.1 Å². The van der Waals surface area contributed by atoms with Gasteiger partial charge in [0, 0.05) is 11.1 Å². The summed E-state index contributed by atoms with van der Waals surface area (Å²) in [6.07, 6.45) is 4.45. The Balaban J connectivity index is 2.06. The van der Waals surface area contributed by atoms with E-state index in [0.717, 1.165) is 22.8 Å². The quantitative estimate of drug-likeness (QED) is 0.898. The summed E-state index contributed by atoms with van der Waals surface area (Å²) in [5, 5.41) is 4.32. The fraction of sp³-hybridized carbons (Fsp3) is 0.417. The Labute approximate surface area is 110 Å². The second-order valence-electron chi connectivity index (χ2n) is 3.78. The zero-order valence-electron chi connectivity index (χ0n) is 10.7. The standard InChI is InChI=1S/C12H16N4OS/c1-4-9-5-13-10(18-9)6-14-11-8(2)12(17-3)16-7-15-11/h5,7H,4,6H2,1-3H3,(H,14,15,16). The van der Waals surface area contributed by atoms with Crippen LogP contribution in [0.25, 0.3) is 0 Å². The molecule has 0 aromatic carbocycles. The fourth-order valence-electron chi connectivity index (χ4n) is 1.57. The van der Waals surface area contributed by atoms with Crippen molar-refractivity contribution in [3.63, 3.8) is 0 Å². The van der Waals surface area contributed by atoms with Crippen LogP contribution in [0.5, 0.6) is 5.88 Å². The second kappa shape index (κ2) is 5.77. The first-order chi connectivity index (χ1) is 8.74. The summed E-state index contributed by atoms with van der Waals surface area (Å²) in [4.78, 5) is 13.9. The molecule has 0 bridgehead atoms. The molecule has 0 fully saturated rings. The van der Waals surface area contributed by atoms with Gasteiger partial charge >= 0.3 is 0 Å². The number of anilines is 1. The van der Waals surface area contributed by atoms with E-state index in [4.69, 9.17) is 4.74 Å². The van der Waals surface area contributed by atoms with Crippen LogP contribution in [0.15, 0.2) is 12.5 Å². The van der Waals surface area contributed by atoms with E-state index in [1.807, 2.05) is 13.1 Å². The maximum atomic E-state index is 5.16. The Kier molecular flexibility index (Phi) is 4.09. The van der Waals surface area contributed by atoms with Gasteiger partial charge in [-0.15, -0.1) is 11.3 Å². The summed E-state index contributed by atoms with van der Waals surface area (Å²) in [6, 6.07) is 0. The van der Waals surface area contributed by atoms with Gasteiger partial charge in [-0.25, -0.2) is 15.0 Å². The Morgan fingerprint density at radius 1 is 1.33 bits per heavy atom. The Hall–Kier alpha value is -1.69. The number of aryl methyl sites for hydroxylation is 1. The molecule has 0 atom stereocenters. The van der Waals surface area contributed by atoms with Crippen molar-refractivity contribution in [2.45, 2.75) is 26.8 Å². The number of methoxy groups -OCH3 is 1. The van der Waals surface area contributed by atoms with Crippen molar-refractivity contribution >= 4 is 17.2 Å². The number of hydrogen-bond acceptors (Lipinski definition) is 6. The van der Waals surface area contributed by atoms with Crippen LogP contribution >= 0.6 is 11.3 Å². The van der Waals surface area contributed by atoms with Crippen LogP contribution in [0.3, 0.4) is 0 Å². The van der Waals surface area contributed by atoms with Crippen molar-refractivity contribution in [1.82, 2.24) is 15.0 Å². The molecule has 0 radical (unpaired) electrons. The molecule has 0 unspecified atom stereocenters. The smallest absolute Gasteiger partial charge is 0.221 e. The van der Waals surface area contributed by atoms with Gasteiger partial charge in [0.15, 0.2) is 0 Å². The zero-order valence-corrected chi connectivity index (χ0v) is 11.5. The van der Waals surface area contributed by atoms with Crippen LogP contribution in [0.1, 0.15) is 22.4 Å². The average Bonchev–Trinajstić information content (AvgIpc) is 2.85. The largest absolute Gasteiger partial charge is 0.481 e. The highest BCUT2D eigenvalue weighted by Gasteiger charge is 2.07. The van der Waals surface area contributed by atoms with E-state index in [-0.39, 0.29) is 0 Å². The zero-order chi connectivity index (χ0) is 13.0. The molecule has 6 heteroatoms. The van der Waals surface area contributed by atoms with Crippen LogP contribution in [0, 0.1) is 6.92 Å². The summed E-state index contributed by atoms with van der Waals surface area (Å²) in [5.74, 6) is 1.39. The first-order valence-corrected chi connectivity index (χ1v) is 6.59. The lowest BCUT2D eigenvalue weighted by molar-refractivity contribution is 0.393. The molecule has 0 aliphatic heterocycles. The number of thiazole rings is 1. The van der Waals surface area contributed by atoms with Crippen LogP contribution in [0.2, 0.25) is 0 Å². The minimum absolute atomic E-state index is 0.598. The van der Waals surface area contributed by atoms with E-state index >= 15 is 0 Å². The number of rotatable bonds is 5. The van der Waals surface area contributed by atoms with Gasteiger partial charge < -0.3 is 10.1 Å². The van der Waals surface area contributed by atoms with Gasteiger partial charge in [-0.3, -0.25) is 0 Å². The third kappa shape index (κ3) is 2.76. The molecule has 0 aliphatic rings. The molecule has 5 nitrogen and oxygen atoms in total. The molecule has 2 aromatic heterocycles. The van der Waals surface area contributed by atoms with Gasteiger partial charge in [-0.2, -0.15) is 0 Å². The monoisotopic (exact) mass is 264 g/mol. The SMILES string of the molecule is CCc1cnc(CNc2ncnc(OC)c2C)s1. The maximum Gasteiger partial charge on any atom is 0.221 e. The fourth-order valence-corrected chi connectivity index (χ4v) is 2.37. The third-order valence-corrected chi connectivity index (χ3v) is 3.73. The summed E-state index contributed by atoms with van der Waals surface area (Å²) >= 11 is 1.72. The Morgan fingerprint density at radius 2 is 2.17 bits per heavy atom. The predicted octanol–water partition coefficient (Wildman–Crippen LogP) is 2.42. The molecule has 1 N–H and O–H groups in total. The van der Waals surface area contributed by atoms with E-state index in [0.29, 0.717) is 12.4 Å².